The van der Waals surface area contributed by atoms with Crippen molar-refractivity contribution >= 4 is 16.9 Å². The van der Waals surface area contributed by atoms with E-state index in [1.807, 2.05) is 19.9 Å². The number of aromatic nitrogens is 1. The molecule has 0 saturated heterocycles. The molecule has 2 rings (SSSR count). The predicted molar refractivity (Wildman–Crippen MR) is 69.7 cm³/mol. The quantitative estimate of drug-likeness (QED) is 0.790. The second-order valence-electron chi connectivity index (χ2n) is 4.82. The van der Waals surface area contributed by atoms with E-state index in [1.165, 1.54) is 4.57 Å². The van der Waals surface area contributed by atoms with Crippen molar-refractivity contribution in [1.29, 1.82) is 5.26 Å². The average molecular weight is 258 g/mol. The molecule has 0 bridgehead atoms. The first-order valence-corrected chi connectivity index (χ1v) is 5.99. The van der Waals surface area contributed by atoms with E-state index in [4.69, 9.17) is 9.68 Å². The first-order valence-electron chi connectivity index (χ1n) is 5.99. The molecule has 0 N–H and O–H groups in total. The summed E-state index contributed by atoms with van der Waals surface area (Å²) in [5.41, 5.74) is 1.41. The minimum atomic E-state index is -0.679. The Morgan fingerprint density at radius 2 is 2.11 bits per heavy atom. The number of aryl methyl sites for hydroxylation is 1. The standard InChI is InChI=1S/C14H14N2O3/c1-8(2)10(7-15)13(17)9-4-5-12-11(6-9)16(3)14(18)19-12/h4-6,8,10H,1-3H3. The van der Waals surface area contributed by atoms with Crippen LogP contribution in [0.3, 0.4) is 0 Å². The molecule has 0 aliphatic rings. The monoisotopic (exact) mass is 258 g/mol. The molecule has 1 aromatic heterocycles. The molecule has 1 unspecified atom stereocenters. The summed E-state index contributed by atoms with van der Waals surface area (Å²) >= 11 is 0. The van der Waals surface area contributed by atoms with Crippen LogP contribution >= 0.6 is 0 Å². The summed E-state index contributed by atoms with van der Waals surface area (Å²) in [6, 6.07) is 6.78. The van der Waals surface area contributed by atoms with Crippen LogP contribution in [0.2, 0.25) is 0 Å². The Morgan fingerprint density at radius 3 is 2.68 bits per heavy atom. The molecule has 5 nitrogen and oxygen atoms in total. The van der Waals surface area contributed by atoms with Crippen molar-refractivity contribution in [3.8, 4) is 6.07 Å². The molecule has 0 fully saturated rings. The number of oxazole rings is 1. The molecule has 19 heavy (non-hydrogen) atoms. The molecule has 0 spiro atoms. The van der Waals surface area contributed by atoms with Gasteiger partial charge < -0.3 is 4.42 Å². The molecular weight excluding hydrogens is 244 g/mol. The van der Waals surface area contributed by atoms with Crippen LogP contribution in [0.5, 0.6) is 0 Å². The van der Waals surface area contributed by atoms with Crippen molar-refractivity contribution in [2.75, 3.05) is 0 Å². The van der Waals surface area contributed by atoms with E-state index >= 15 is 0 Å². The van der Waals surface area contributed by atoms with Crippen molar-refractivity contribution in [3.05, 3.63) is 34.3 Å². The first kappa shape index (κ1) is 13.1. The third-order valence-electron chi connectivity index (χ3n) is 3.16. The second kappa shape index (κ2) is 4.73. The van der Waals surface area contributed by atoms with Crippen LogP contribution in [0, 0.1) is 23.2 Å². The molecular formula is C14H14N2O3. The Hall–Kier alpha value is -2.35. The zero-order chi connectivity index (χ0) is 14.2. The van der Waals surface area contributed by atoms with Gasteiger partial charge in [-0.2, -0.15) is 5.26 Å². The number of carbonyl (C=O) groups excluding carboxylic acids is 1. The van der Waals surface area contributed by atoms with Gasteiger partial charge in [0, 0.05) is 12.6 Å². The van der Waals surface area contributed by atoms with Gasteiger partial charge in [0.15, 0.2) is 11.4 Å². The minimum Gasteiger partial charge on any atom is -0.408 e. The van der Waals surface area contributed by atoms with Gasteiger partial charge in [0.05, 0.1) is 11.6 Å². The van der Waals surface area contributed by atoms with Crippen LogP contribution in [0.15, 0.2) is 27.4 Å². The SMILES string of the molecule is CC(C)C(C#N)C(=O)c1ccc2oc(=O)n(C)c2c1. The van der Waals surface area contributed by atoms with Gasteiger partial charge in [0.25, 0.3) is 0 Å². The van der Waals surface area contributed by atoms with Crippen molar-refractivity contribution in [3.63, 3.8) is 0 Å². The summed E-state index contributed by atoms with van der Waals surface area (Å²) in [5, 5.41) is 9.06. The number of hydrogen-bond donors (Lipinski definition) is 0. The Balaban J connectivity index is 2.52. The van der Waals surface area contributed by atoms with E-state index in [-0.39, 0.29) is 11.7 Å². The number of carbonyl (C=O) groups is 1. The average Bonchev–Trinajstić information content (AvgIpc) is 2.65. The summed E-state index contributed by atoms with van der Waals surface area (Å²) in [5.74, 6) is -1.43. The van der Waals surface area contributed by atoms with Gasteiger partial charge >= 0.3 is 5.76 Å². The third-order valence-corrected chi connectivity index (χ3v) is 3.16. The van der Waals surface area contributed by atoms with E-state index in [0.717, 1.165) is 0 Å². The Kier molecular flexibility index (Phi) is 3.26. The van der Waals surface area contributed by atoms with Crippen LogP contribution in [0.4, 0.5) is 0 Å². The fourth-order valence-electron chi connectivity index (χ4n) is 1.97. The maximum Gasteiger partial charge on any atom is 0.419 e. The number of fused-ring (bicyclic) bond motifs is 1. The molecule has 0 aliphatic heterocycles. The Bertz CT molecular complexity index is 731. The molecule has 5 heteroatoms. The van der Waals surface area contributed by atoms with Gasteiger partial charge in [0.2, 0.25) is 0 Å². The van der Waals surface area contributed by atoms with Crippen LogP contribution in [0.25, 0.3) is 11.1 Å². The number of ketones is 1. The smallest absolute Gasteiger partial charge is 0.408 e. The van der Waals surface area contributed by atoms with E-state index in [2.05, 4.69) is 0 Å². The largest absolute Gasteiger partial charge is 0.419 e. The third kappa shape index (κ3) is 2.17. The van der Waals surface area contributed by atoms with Gasteiger partial charge in [-0.1, -0.05) is 13.8 Å². The van der Waals surface area contributed by atoms with E-state index < -0.39 is 11.7 Å². The van der Waals surface area contributed by atoms with Crippen molar-refractivity contribution in [2.24, 2.45) is 18.9 Å². The van der Waals surface area contributed by atoms with Crippen LogP contribution < -0.4 is 5.76 Å². The summed E-state index contributed by atoms with van der Waals surface area (Å²) in [4.78, 5) is 23.6. The normalized spacial score (nSPS) is 12.6. The molecule has 98 valence electrons. The zero-order valence-electron chi connectivity index (χ0n) is 11.0. The maximum absolute atomic E-state index is 12.2. The molecule has 0 radical (unpaired) electrons. The lowest BCUT2D eigenvalue weighted by Gasteiger charge is -2.11. The summed E-state index contributed by atoms with van der Waals surface area (Å²) < 4.78 is 6.33. The lowest BCUT2D eigenvalue weighted by atomic mass is 9.89. The van der Waals surface area contributed by atoms with Crippen molar-refractivity contribution < 1.29 is 9.21 Å². The molecule has 0 aliphatic carbocycles. The molecule has 1 atom stereocenters. The minimum absolute atomic E-state index is 0.0543. The molecule has 1 heterocycles. The first-order chi connectivity index (χ1) is 8.95. The summed E-state index contributed by atoms with van der Waals surface area (Å²) in [6.45, 7) is 3.66. The number of benzene rings is 1. The van der Waals surface area contributed by atoms with E-state index in [1.54, 1.807) is 25.2 Å². The number of nitriles is 1. The van der Waals surface area contributed by atoms with Crippen molar-refractivity contribution in [1.82, 2.24) is 4.57 Å². The molecule has 2 aromatic rings. The number of Topliss-reactive ketones (excluding diaryl/α,β-unsaturated/α-hetero) is 1. The number of nitrogens with zero attached hydrogens (tertiary/aromatic N) is 2. The Morgan fingerprint density at radius 1 is 1.42 bits per heavy atom. The highest BCUT2D eigenvalue weighted by Crippen LogP contribution is 2.20. The van der Waals surface area contributed by atoms with Crippen LogP contribution in [-0.4, -0.2) is 10.4 Å². The zero-order valence-corrected chi connectivity index (χ0v) is 11.0. The lowest BCUT2D eigenvalue weighted by molar-refractivity contribution is 0.0924. The van der Waals surface area contributed by atoms with Crippen LogP contribution in [0.1, 0.15) is 24.2 Å². The Labute approximate surface area is 110 Å². The summed E-state index contributed by atoms with van der Waals surface area (Å²) in [7, 11) is 1.58. The molecule has 0 saturated carbocycles. The van der Waals surface area contributed by atoms with Gasteiger partial charge in [-0.15, -0.1) is 0 Å². The lowest BCUT2D eigenvalue weighted by Crippen LogP contribution is -2.18. The van der Waals surface area contributed by atoms with Gasteiger partial charge in [-0.25, -0.2) is 4.79 Å². The highest BCUT2D eigenvalue weighted by atomic mass is 16.4. The number of rotatable bonds is 3. The fraction of sp³-hybridized carbons (Fsp3) is 0.357. The highest BCUT2D eigenvalue weighted by Gasteiger charge is 2.23. The van der Waals surface area contributed by atoms with Gasteiger partial charge in [-0.3, -0.25) is 9.36 Å². The fourth-order valence-corrected chi connectivity index (χ4v) is 1.97. The van der Waals surface area contributed by atoms with Crippen molar-refractivity contribution in [2.45, 2.75) is 13.8 Å². The second-order valence-corrected chi connectivity index (χ2v) is 4.82. The van der Waals surface area contributed by atoms with E-state index in [0.29, 0.717) is 16.7 Å². The maximum atomic E-state index is 12.2. The van der Waals surface area contributed by atoms with Gasteiger partial charge in [0.1, 0.15) is 5.92 Å². The number of hydrogen-bond acceptors (Lipinski definition) is 4. The highest BCUT2D eigenvalue weighted by molar-refractivity contribution is 6.01. The molecule has 0 amide bonds. The van der Waals surface area contributed by atoms with Gasteiger partial charge in [-0.05, 0) is 24.1 Å². The predicted octanol–water partition coefficient (Wildman–Crippen LogP) is 2.11. The van der Waals surface area contributed by atoms with Crippen LogP contribution in [-0.2, 0) is 7.05 Å². The van der Waals surface area contributed by atoms with E-state index in [9.17, 15) is 9.59 Å². The summed E-state index contributed by atoms with van der Waals surface area (Å²) in [6.07, 6.45) is 0. The topological polar surface area (TPSA) is 76.0 Å². The molecule has 1 aromatic carbocycles.